The summed E-state index contributed by atoms with van der Waals surface area (Å²) in [6.07, 6.45) is 0. The summed E-state index contributed by atoms with van der Waals surface area (Å²) in [4.78, 5) is 11.1. The number of hydrogen-bond donors (Lipinski definition) is 2. The summed E-state index contributed by atoms with van der Waals surface area (Å²) in [5.74, 6) is 1.41. The van der Waals surface area contributed by atoms with Gasteiger partial charge < -0.3 is 5.11 Å². The number of nitrogens with zero attached hydrogens (tertiary/aromatic N) is 3. The molecule has 0 aliphatic rings. The minimum atomic E-state index is 0.123. The van der Waals surface area contributed by atoms with Gasteiger partial charge >= 0.3 is 0 Å². The summed E-state index contributed by atoms with van der Waals surface area (Å²) < 4.78 is 0. The second kappa shape index (κ2) is 7.58. The lowest BCUT2D eigenvalue weighted by Crippen LogP contribution is -2.02. The molecule has 28 heavy (non-hydrogen) atoms. The van der Waals surface area contributed by atoms with Gasteiger partial charge in [-0.15, -0.1) is 11.3 Å². The van der Waals surface area contributed by atoms with Crippen LogP contribution in [0.5, 0.6) is 5.75 Å². The van der Waals surface area contributed by atoms with Crippen LogP contribution in [0.4, 0.5) is 5.82 Å². The molecule has 0 atom stereocenters. The zero-order chi connectivity index (χ0) is 19.7. The predicted molar refractivity (Wildman–Crippen MR) is 117 cm³/mol. The first-order chi connectivity index (χ1) is 13.5. The molecule has 0 bridgehead atoms. The van der Waals surface area contributed by atoms with Crippen molar-refractivity contribution in [3.63, 3.8) is 0 Å². The average Bonchev–Trinajstić information content (AvgIpc) is 3.12. The van der Waals surface area contributed by atoms with Gasteiger partial charge in [0, 0.05) is 15.5 Å². The number of benzene rings is 2. The van der Waals surface area contributed by atoms with E-state index in [-0.39, 0.29) is 5.75 Å². The Morgan fingerprint density at radius 3 is 2.68 bits per heavy atom. The Hall–Kier alpha value is -2.96. The molecule has 2 N–H and O–H groups in total. The SMILES string of the molecule is C/C(=N\Nc1nc(C)nc2sc(-c3ccccc3)cc12)c1cc(Cl)ccc1O. The highest BCUT2D eigenvalue weighted by molar-refractivity contribution is 7.21. The van der Waals surface area contributed by atoms with Crippen molar-refractivity contribution in [3.05, 3.63) is 71.0 Å². The normalized spacial score (nSPS) is 11.8. The number of rotatable bonds is 4. The summed E-state index contributed by atoms with van der Waals surface area (Å²) in [6.45, 7) is 3.65. The van der Waals surface area contributed by atoms with Crippen LogP contribution >= 0.6 is 22.9 Å². The molecule has 5 nitrogen and oxygen atoms in total. The van der Waals surface area contributed by atoms with Crippen molar-refractivity contribution < 1.29 is 5.11 Å². The third kappa shape index (κ3) is 3.69. The summed E-state index contributed by atoms with van der Waals surface area (Å²) in [5, 5.41) is 15.9. The molecule has 2 aromatic carbocycles. The number of anilines is 1. The van der Waals surface area contributed by atoms with Crippen LogP contribution in [0.2, 0.25) is 5.02 Å². The monoisotopic (exact) mass is 408 g/mol. The Morgan fingerprint density at radius 2 is 1.89 bits per heavy atom. The van der Waals surface area contributed by atoms with E-state index in [4.69, 9.17) is 11.6 Å². The Balaban J connectivity index is 1.72. The van der Waals surface area contributed by atoms with E-state index in [1.807, 2.05) is 25.1 Å². The number of phenolic OH excluding ortho intramolecular Hbond substituents is 1. The molecule has 4 rings (SSSR count). The Bertz CT molecular complexity index is 1190. The van der Waals surface area contributed by atoms with Crippen LogP contribution in [0.3, 0.4) is 0 Å². The molecular formula is C21H17ClN4OS. The van der Waals surface area contributed by atoms with Crippen molar-refractivity contribution in [2.75, 3.05) is 5.43 Å². The lowest BCUT2D eigenvalue weighted by molar-refractivity contribution is 0.474. The Labute approximate surface area is 171 Å². The highest BCUT2D eigenvalue weighted by Crippen LogP contribution is 2.35. The van der Waals surface area contributed by atoms with E-state index in [0.717, 1.165) is 20.7 Å². The molecule has 140 valence electrons. The molecule has 0 aliphatic heterocycles. The van der Waals surface area contributed by atoms with E-state index in [2.05, 4.69) is 38.7 Å². The van der Waals surface area contributed by atoms with Gasteiger partial charge in [0.1, 0.15) is 16.4 Å². The van der Waals surface area contributed by atoms with Gasteiger partial charge in [-0.3, -0.25) is 5.43 Å². The number of hydrazone groups is 1. The van der Waals surface area contributed by atoms with Gasteiger partial charge in [-0.05, 0) is 43.7 Å². The number of aromatic hydroxyl groups is 1. The average molecular weight is 409 g/mol. The molecule has 0 unspecified atom stereocenters. The maximum Gasteiger partial charge on any atom is 0.158 e. The number of halogens is 1. The molecule has 0 amide bonds. The fourth-order valence-electron chi connectivity index (χ4n) is 2.85. The standard InChI is InChI=1S/C21H17ClN4OS/c1-12(16-10-15(22)8-9-18(16)27)25-26-20-17-11-19(14-6-4-3-5-7-14)28-21(17)24-13(2)23-20/h3-11,27H,1-2H3,(H,23,24,26)/b25-12+. The number of aromatic nitrogens is 2. The number of hydrogen-bond acceptors (Lipinski definition) is 6. The lowest BCUT2D eigenvalue weighted by atomic mass is 10.1. The fourth-order valence-corrected chi connectivity index (χ4v) is 4.11. The number of nitrogens with one attached hydrogen (secondary N) is 1. The van der Waals surface area contributed by atoms with Crippen molar-refractivity contribution >= 4 is 44.7 Å². The van der Waals surface area contributed by atoms with Gasteiger partial charge in [-0.2, -0.15) is 5.10 Å². The van der Waals surface area contributed by atoms with Gasteiger partial charge in [0.15, 0.2) is 5.82 Å². The van der Waals surface area contributed by atoms with Crippen LogP contribution in [-0.2, 0) is 0 Å². The highest BCUT2D eigenvalue weighted by Gasteiger charge is 2.12. The maximum atomic E-state index is 10.1. The van der Waals surface area contributed by atoms with E-state index in [0.29, 0.717) is 27.9 Å². The molecule has 2 aromatic heterocycles. The third-order valence-electron chi connectivity index (χ3n) is 4.24. The topological polar surface area (TPSA) is 70.4 Å². The molecule has 0 fully saturated rings. The molecule has 0 spiro atoms. The van der Waals surface area contributed by atoms with Gasteiger partial charge in [0.25, 0.3) is 0 Å². The van der Waals surface area contributed by atoms with E-state index in [1.165, 1.54) is 0 Å². The molecule has 2 heterocycles. The Kier molecular flexibility index (Phi) is 4.98. The van der Waals surface area contributed by atoms with Crippen LogP contribution in [0, 0.1) is 6.92 Å². The van der Waals surface area contributed by atoms with Gasteiger partial charge in [0.2, 0.25) is 0 Å². The zero-order valence-corrected chi connectivity index (χ0v) is 16.8. The van der Waals surface area contributed by atoms with Crippen LogP contribution in [0.1, 0.15) is 18.3 Å². The first-order valence-corrected chi connectivity index (χ1v) is 9.83. The number of phenols is 1. The summed E-state index contributed by atoms with van der Waals surface area (Å²) in [6, 6.07) is 17.1. The Morgan fingerprint density at radius 1 is 1.11 bits per heavy atom. The van der Waals surface area contributed by atoms with Crippen LogP contribution in [0.25, 0.3) is 20.7 Å². The first-order valence-electron chi connectivity index (χ1n) is 8.64. The number of fused-ring (bicyclic) bond motifs is 1. The third-order valence-corrected chi connectivity index (χ3v) is 5.55. The molecular weight excluding hydrogens is 392 g/mol. The van der Waals surface area contributed by atoms with Gasteiger partial charge in [0.05, 0.1) is 11.1 Å². The highest BCUT2D eigenvalue weighted by atomic mass is 35.5. The van der Waals surface area contributed by atoms with E-state index in [1.54, 1.807) is 36.5 Å². The first kappa shape index (κ1) is 18.4. The van der Waals surface area contributed by atoms with E-state index >= 15 is 0 Å². The largest absolute Gasteiger partial charge is 0.507 e. The molecule has 0 radical (unpaired) electrons. The number of aryl methyl sites for hydroxylation is 1. The molecule has 7 heteroatoms. The van der Waals surface area contributed by atoms with Crippen LogP contribution in [-0.4, -0.2) is 20.8 Å². The van der Waals surface area contributed by atoms with Crippen molar-refractivity contribution in [2.45, 2.75) is 13.8 Å². The molecule has 0 saturated heterocycles. The van der Waals surface area contributed by atoms with Crippen molar-refractivity contribution in [2.24, 2.45) is 5.10 Å². The molecule has 0 saturated carbocycles. The summed E-state index contributed by atoms with van der Waals surface area (Å²) >= 11 is 7.65. The minimum absolute atomic E-state index is 0.123. The second-order valence-corrected chi connectivity index (χ2v) is 7.75. The molecule has 0 aliphatic carbocycles. The van der Waals surface area contributed by atoms with Crippen LogP contribution in [0.15, 0.2) is 59.7 Å². The predicted octanol–water partition coefficient (Wildman–Crippen LogP) is 5.86. The lowest BCUT2D eigenvalue weighted by Gasteiger charge is -2.07. The van der Waals surface area contributed by atoms with E-state index < -0.39 is 0 Å². The van der Waals surface area contributed by atoms with Gasteiger partial charge in [-0.25, -0.2) is 9.97 Å². The minimum Gasteiger partial charge on any atom is -0.507 e. The number of thiophene rings is 1. The summed E-state index contributed by atoms with van der Waals surface area (Å²) in [7, 11) is 0. The quantitative estimate of drug-likeness (QED) is 0.327. The van der Waals surface area contributed by atoms with Gasteiger partial charge in [-0.1, -0.05) is 41.9 Å². The van der Waals surface area contributed by atoms with Crippen molar-refractivity contribution in [3.8, 4) is 16.2 Å². The van der Waals surface area contributed by atoms with Crippen molar-refractivity contribution in [1.82, 2.24) is 9.97 Å². The summed E-state index contributed by atoms with van der Waals surface area (Å²) in [5.41, 5.74) is 5.33. The van der Waals surface area contributed by atoms with Crippen molar-refractivity contribution in [1.29, 1.82) is 0 Å². The molecule has 4 aromatic rings. The second-order valence-electron chi connectivity index (χ2n) is 6.29. The zero-order valence-electron chi connectivity index (χ0n) is 15.3. The maximum absolute atomic E-state index is 10.1. The van der Waals surface area contributed by atoms with Crippen LogP contribution < -0.4 is 5.43 Å². The fraction of sp³-hybridized carbons (Fsp3) is 0.0952. The smallest absolute Gasteiger partial charge is 0.158 e. The van der Waals surface area contributed by atoms with E-state index in [9.17, 15) is 5.11 Å².